The number of hydrogen-bond acceptors (Lipinski definition) is 5. The second-order valence-corrected chi connectivity index (χ2v) is 4.42. The van der Waals surface area contributed by atoms with E-state index < -0.39 is 5.97 Å². The fourth-order valence-corrected chi connectivity index (χ4v) is 1.89. The highest BCUT2D eigenvalue weighted by Crippen LogP contribution is 2.26. The Labute approximate surface area is 123 Å². The summed E-state index contributed by atoms with van der Waals surface area (Å²) in [4.78, 5) is 11.6. The Hall–Kier alpha value is -2.53. The number of nitrogen functional groups attached to an aromatic ring is 1. The van der Waals surface area contributed by atoms with E-state index in [2.05, 4.69) is 4.74 Å². The van der Waals surface area contributed by atoms with Crippen LogP contribution in [0.3, 0.4) is 0 Å². The average Bonchev–Trinajstić information content (AvgIpc) is 2.49. The molecule has 0 heterocycles. The van der Waals surface area contributed by atoms with Gasteiger partial charge in [-0.25, -0.2) is 4.79 Å². The quantitative estimate of drug-likeness (QED) is 0.676. The zero-order valence-electron chi connectivity index (χ0n) is 12.0. The first-order valence-electron chi connectivity index (χ1n) is 6.37. The van der Waals surface area contributed by atoms with Crippen molar-refractivity contribution in [1.82, 2.24) is 0 Å². The second-order valence-electron chi connectivity index (χ2n) is 4.42. The molecular weight excluding hydrogens is 270 g/mol. The smallest absolute Gasteiger partial charge is 0.340 e. The van der Waals surface area contributed by atoms with Crippen LogP contribution in [-0.2, 0) is 16.1 Å². The van der Waals surface area contributed by atoms with Crippen LogP contribution in [0.5, 0.6) is 11.5 Å². The summed E-state index contributed by atoms with van der Waals surface area (Å²) in [7, 11) is 2.94. The largest absolute Gasteiger partial charge is 0.465 e. The normalized spacial score (nSPS) is 10.2. The molecule has 110 valence electrons. The number of nitrogens with two attached hydrogens (primary N) is 1. The second kappa shape index (κ2) is 6.76. The van der Waals surface area contributed by atoms with Crippen molar-refractivity contribution in [3.8, 4) is 11.5 Å². The van der Waals surface area contributed by atoms with E-state index in [9.17, 15) is 4.79 Å². The molecule has 21 heavy (non-hydrogen) atoms. The Kier molecular flexibility index (Phi) is 4.79. The van der Waals surface area contributed by atoms with Gasteiger partial charge in [0.1, 0.15) is 11.5 Å². The van der Waals surface area contributed by atoms with Crippen molar-refractivity contribution >= 4 is 11.7 Å². The Balaban J connectivity index is 2.23. The Bertz CT molecular complexity index is 640. The van der Waals surface area contributed by atoms with Crippen LogP contribution in [0, 0.1) is 0 Å². The first-order chi connectivity index (χ1) is 10.1. The minimum absolute atomic E-state index is 0.281. The van der Waals surface area contributed by atoms with Gasteiger partial charge in [-0.1, -0.05) is 12.1 Å². The number of hydrogen-bond donors (Lipinski definition) is 1. The average molecular weight is 287 g/mol. The van der Waals surface area contributed by atoms with Crippen LogP contribution in [0.1, 0.15) is 15.9 Å². The third-order valence-corrected chi connectivity index (χ3v) is 2.88. The molecule has 0 aromatic heterocycles. The minimum Gasteiger partial charge on any atom is -0.465 e. The minimum atomic E-state index is -0.494. The van der Waals surface area contributed by atoms with Gasteiger partial charge in [0.2, 0.25) is 0 Å². The predicted molar refractivity (Wildman–Crippen MR) is 79.4 cm³/mol. The van der Waals surface area contributed by atoms with Crippen LogP contribution in [0.4, 0.5) is 5.69 Å². The predicted octanol–water partition coefficient (Wildman–Crippen LogP) is 2.99. The van der Waals surface area contributed by atoms with E-state index in [1.54, 1.807) is 25.3 Å². The summed E-state index contributed by atoms with van der Waals surface area (Å²) < 4.78 is 15.5. The van der Waals surface area contributed by atoms with Crippen molar-refractivity contribution < 1.29 is 19.0 Å². The molecule has 0 unspecified atom stereocenters. The summed E-state index contributed by atoms with van der Waals surface area (Å²) in [6, 6.07) is 12.4. The van der Waals surface area contributed by atoms with Crippen molar-refractivity contribution in [3.63, 3.8) is 0 Å². The lowest BCUT2D eigenvalue weighted by Crippen LogP contribution is -2.05. The van der Waals surface area contributed by atoms with E-state index in [0.29, 0.717) is 23.8 Å². The van der Waals surface area contributed by atoms with Crippen molar-refractivity contribution in [2.45, 2.75) is 6.61 Å². The van der Waals surface area contributed by atoms with Crippen LogP contribution < -0.4 is 10.5 Å². The molecule has 2 aromatic rings. The topological polar surface area (TPSA) is 70.8 Å². The number of benzene rings is 2. The van der Waals surface area contributed by atoms with Gasteiger partial charge >= 0.3 is 5.97 Å². The fraction of sp³-hybridized carbons (Fsp3) is 0.188. The molecule has 0 saturated heterocycles. The summed E-state index contributed by atoms with van der Waals surface area (Å²) >= 11 is 0. The Morgan fingerprint density at radius 3 is 2.57 bits per heavy atom. The van der Waals surface area contributed by atoms with Gasteiger partial charge < -0.3 is 19.9 Å². The fourth-order valence-electron chi connectivity index (χ4n) is 1.89. The Morgan fingerprint density at radius 1 is 1.10 bits per heavy atom. The molecule has 2 rings (SSSR count). The molecule has 0 radical (unpaired) electrons. The van der Waals surface area contributed by atoms with Crippen molar-refractivity contribution in [1.29, 1.82) is 0 Å². The number of anilines is 1. The van der Waals surface area contributed by atoms with E-state index in [4.69, 9.17) is 15.2 Å². The van der Waals surface area contributed by atoms with Gasteiger partial charge in [0, 0.05) is 12.8 Å². The van der Waals surface area contributed by atoms with Crippen molar-refractivity contribution in [3.05, 3.63) is 53.6 Å². The molecular formula is C16H17NO4. The standard InChI is InChI=1S/C16H17NO4/c1-19-10-11-4-3-5-12(8-11)21-13-6-7-15(17)14(9-13)16(18)20-2/h3-9H,10,17H2,1-2H3. The monoisotopic (exact) mass is 287 g/mol. The van der Waals surface area contributed by atoms with Crippen molar-refractivity contribution in [2.24, 2.45) is 0 Å². The van der Waals surface area contributed by atoms with Gasteiger partial charge in [0.25, 0.3) is 0 Å². The molecule has 0 aliphatic heterocycles. The number of rotatable bonds is 5. The van der Waals surface area contributed by atoms with Gasteiger partial charge in [-0.2, -0.15) is 0 Å². The first kappa shape index (κ1) is 14.9. The Morgan fingerprint density at radius 2 is 1.86 bits per heavy atom. The molecule has 0 fully saturated rings. The molecule has 0 aliphatic rings. The van der Waals surface area contributed by atoms with E-state index in [1.165, 1.54) is 7.11 Å². The lowest BCUT2D eigenvalue weighted by atomic mass is 10.1. The van der Waals surface area contributed by atoms with E-state index >= 15 is 0 Å². The summed E-state index contributed by atoms with van der Waals surface area (Å²) in [6.45, 7) is 0.506. The van der Waals surface area contributed by atoms with Gasteiger partial charge in [-0.05, 0) is 35.9 Å². The zero-order chi connectivity index (χ0) is 15.2. The number of methoxy groups -OCH3 is 2. The molecule has 5 heteroatoms. The van der Waals surface area contributed by atoms with Crippen LogP contribution in [0.25, 0.3) is 0 Å². The molecule has 2 aromatic carbocycles. The number of esters is 1. The van der Waals surface area contributed by atoms with Gasteiger partial charge in [-0.15, -0.1) is 0 Å². The van der Waals surface area contributed by atoms with Crippen LogP contribution in [0.2, 0.25) is 0 Å². The third-order valence-electron chi connectivity index (χ3n) is 2.88. The molecule has 5 nitrogen and oxygen atoms in total. The third kappa shape index (κ3) is 3.73. The lowest BCUT2D eigenvalue weighted by molar-refractivity contribution is 0.0601. The molecule has 0 aliphatic carbocycles. The van der Waals surface area contributed by atoms with Crippen LogP contribution in [0.15, 0.2) is 42.5 Å². The molecule has 0 saturated carbocycles. The number of carbonyl (C=O) groups is 1. The highest BCUT2D eigenvalue weighted by Gasteiger charge is 2.11. The summed E-state index contributed by atoms with van der Waals surface area (Å²) in [6.07, 6.45) is 0. The summed E-state index contributed by atoms with van der Waals surface area (Å²) in [5.41, 5.74) is 7.38. The highest BCUT2D eigenvalue weighted by atomic mass is 16.5. The van der Waals surface area contributed by atoms with E-state index in [-0.39, 0.29) is 5.56 Å². The first-order valence-corrected chi connectivity index (χ1v) is 6.37. The maximum absolute atomic E-state index is 11.6. The van der Waals surface area contributed by atoms with Gasteiger partial charge in [-0.3, -0.25) is 0 Å². The molecule has 0 bridgehead atoms. The lowest BCUT2D eigenvalue weighted by Gasteiger charge is -2.10. The SMILES string of the molecule is COCc1cccc(Oc2ccc(N)c(C(=O)OC)c2)c1. The number of ether oxygens (including phenoxy) is 3. The molecule has 2 N–H and O–H groups in total. The van der Waals surface area contributed by atoms with Gasteiger partial charge in [0.05, 0.1) is 19.3 Å². The molecule has 0 atom stereocenters. The molecule has 0 spiro atoms. The number of carbonyl (C=O) groups excluding carboxylic acids is 1. The van der Waals surface area contributed by atoms with Gasteiger partial charge in [0.15, 0.2) is 0 Å². The maximum Gasteiger partial charge on any atom is 0.340 e. The maximum atomic E-state index is 11.6. The van der Waals surface area contributed by atoms with E-state index in [1.807, 2.05) is 24.3 Å². The van der Waals surface area contributed by atoms with Crippen molar-refractivity contribution in [2.75, 3.05) is 20.0 Å². The van der Waals surface area contributed by atoms with Crippen LogP contribution >= 0.6 is 0 Å². The highest BCUT2D eigenvalue weighted by molar-refractivity contribution is 5.95. The summed E-state index contributed by atoms with van der Waals surface area (Å²) in [5.74, 6) is 0.676. The van der Waals surface area contributed by atoms with E-state index in [0.717, 1.165) is 5.56 Å². The molecule has 0 amide bonds. The zero-order valence-corrected chi connectivity index (χ0v) is 12.0. The summed E-state index contributed by atoms with van der Waals surface area (Å²) in [5, 5.41) is 0. The van der Waals surface area contributed by atoms with Crippen LogP contribution in [-0.4, -0.2) is 20.2 Å².